The van der Waals surface area contributed by atoms with Crippen LogP contribution in [0.2, 0.25) is 0 Å². The number of carbonyl (C=O) groups excluding carboxylic acids is 4. The third kappa shape index (κ3) is 1.55. The fraction of sp³-hybridized carbons (Fsp3) is 0.167. The van der Waals surface area contributed by atoms with Gasteiger partial charge in [0.1, 0.15) is 0 Å². The van der Waals surface area contributed by atoms with Crippen LogP contribution in [0.5, 0.6) is 0 Å². The fourth-order valence-electron chi connectivity index (χ4n) is 2.31. The first-order valence-electron chi connectivity index (χ1n) is 5.68. The molecule has 2 aliphatic heterocycles. The zero-order valence-electron chi connectivity index (χ0n) is 9.99. The lowest BCUT2D eigenvalue weighted by atomic mass is 9.90. The predicted molar refractivity (Wildman–Crippen MR) is 59.8 cm³/mol. The lowest BCUT2D eigenvalue weighted by Crippen LogP contribution is -2.42. The molecule has 1 aromatic carbocycles. The van der Waals surface area contributed by atoms with Gasteiger partial charge in [-0.15, -0.1) is 0 Å². The van der Waals surface area contributed by atoms with Gasteiger partial charge in [-0.2, -0.15) is 10.1 Å². The molecule has 2 N–H and O–H groups in total. The summed E-state index contributed by atoms with van der Waals surface area (Å²) in [5, 5.41) is 18.6. The highest BCUT2D eigenvalue weighted by Gasteiger charge is 2.35. The number of imide groups is 2. The third-order valence-electron chi connectivity index (χ3n) is 3.33. The van der Waals surface area contributed by atoms with E-state index in [-0.39, 0.29) is 45.2 Å². The molecule has 0 bridgehead atoms. The molecule has 0 saturated carbocycles. The van der Waals surface area contributed by atoms with Crippen LogP contribution < -0.4 is 0 Å². The molecule has 1 aromatic rings. The number of hydrogen-bond donors (Lipinski definition) is 2. The van der Waals surface area contributed by atoms with E-state index in [4.69, 9.17) is 0 Å². The highest BCUT2D eigenvalue weighted by Crippen LogP contribution is 2.27. The van der Waals surface area contributed by atoms with Crippen molar-refractivity contribution in [2.75, 3.05) is 0 Å². The molecule has 4 amide bonds. The van der Waals surface area contributed by atoms with Crippen LogP contribution in [0, 0.1) is 0 Å². The lowest BCUT2D eigenvalue weighted by molar-refractivity contribution is -0.155. The second-order valence-electron chi connectivity index (χ2n) is 4.54. The average molecular weight is 276 g/mol. The van der Waals surface area contributed by atoms with Crippen molar-refractivity contribution in [3.05, 3.63) is 34.4 Å². The molecule has 102 valence electrons. The quantitative estimate of drug-likeness (QED) is 0.488. The van der Waals surface area contributed by atoms with Crippen LogP contribution in [0.4, 0.5) is 0 Å². The summed E-state index contributed by atoms with van der Waals surface area (Å²) >= 11 is 0. The minimum Gasteiger partial charge on any atom is -0.278 e. The Hall–Kier alpha value is -2.58. The Morgan fingerprint density at radius 1 is 0.750 bits per heavy atom. The van der Waals surface area contributed by atoms with E-state index < -0.39 is 23.6 Å². The first-order chi connectivity index (χ1) is 9.40. The van der Waals surface area contributed by atoms with Crippen LogP contribution in [0.15, 0.2) is 12.1 Å². The maximum absolute atomic E-state index is 11.8. The zero-order chi connectivity index (χ0) is 14.6. The molecule has 0 radical (unpaired) electrons. The van der Waals surface area contributed by atoms with Crippen LogP contribution in [0.3, 0.4) is 0 Å². The van der Waals surface area contributed by atoms with Gasteiger partial charge >= 0.3 is 0 Å². The average Bonchev–Trinajstić information content (AvgIpc) is 2.42. The van der Waals surface area contributed by atoms with Crippen LogP contribution >= 0.6 is 0 Å². The molecule has 8 nitrogen and oxygen atoms in total. The van der Waals surface area contributed by atoms with E-state index in [2.05, 4.69) is 0 Å². The van der Waals surface area contributed by atoms with Gasteiger partial charge in [-0.1, -0.05) is 0 Å². The smallest absolute Gasteiger partial charge is 0.278 e. The molecule has 0 aliphatic carbocycles. The second-order valence-corrected chi connectivity index (χ2v) is 4.54. The Morgan fingerprint density at radius 3 is 1.45 bits per heavy atom. The fourth-order valence-corrected chi connectivity index (χ4v) is 2.31. The van der Waals surface area contributed by atoms with E-state index in [1.165, 1.54) is 12.1 Å². The number of nitrogens with zero attached hydrogens (tertiary/aromatic N) is 2. The Labute approximate surface area is 111 Å². The van der Waals surface area contributed by atoms with E-state index in [1.54, 1.807) is 0 Å². The van der Waals surface area contributed by atoms with Crippen molar-refractivity contribution in [3.8, 4) is 0 Å². The Balaban J connectivity index is 2.18. The van der Waals surface area contributed by atoms with E-state index in [1.807, 2.05) is 0 Å². The van der Waals surface area contributed by atoms with Crippen molar-refractivity contribution in [1.29, 1.82) is 0 Å². The van der Waals surface area contributed by atoms with Gasteiger partial charge in [-0.05, 0) is 23.3 Å². The molecule has 2 aliphatic rings. The number of benzene rings is 1. The minimum absolute atomic E-state index is 0.0134. The Morgan fingerprint density at radius 2 is 1.10 bits per heavy atom. The van der Waals surface area contributed by atoms with Gasteiger partial charge in [0.25, 0.3) is 23.6 Å². The number of amides is 4. The van der Waals surface area contributed by atoms with Crippen LogP contribution in [-0.2, 0) is 22.4 Å². The lowest BCUT2D eigenvalue weighted by Gasteiger charge is -2.26. The molecule has 0 atom stereocenters. The molecule has 20 heavy (non-hydrogen) atoms. The highest BCUT2D eigenvalue weighted by molar-refractivity contribution is 6.12. The third-order valence-corrected chi connectivity index (χ3v) is 3.33. The van der Waals surface area contributed by atoms with Gasteiger partial charge in [0, 0.05) is 11.1 Å². The topological polar surface area (TPSA) is 115 Å². The monoisotopic (exact) mass is 276 g/mol. The van der Waals surface area contributed by atoms with E-state index in [0.29, 0.717) is 0 Å². The van der Waals surface area contributed by atoms with Crippen LogP contribution in [0.1, 0.15) is 31.8 Å². The van der Waals surface area contributed by atoms with E-state index in [9.17, 15) is 29.6 Å². The molecule has 2 heterocycles. The molecule has 0 aromatic heterocycles. The van der Waals surface area contributed by atoms with Gasteiger partial charge in [0.15, 0.2) is 0 Å². The molecular formula is C12H8N2O6. The Bertz CT molecular complexity index is 636. The van der Waals surface area contributed by atoms with Crippen LogP contribution in [0.25, 0.3) is 0 Å². The van der Waals surface area contributed by atoms with Crippen molar-refractivity contribution >= 4 is 23.6 Å². The molecule has 0 unspecified atom stereocenters. The van der Waals surface area contributed by atoms with Crippen molar-refractivity contribution < 1.29 is 29.6 Å². The summed E-state index contributed by atoms with van der Waals surface area (Å²) in [5.74, 6) is -3.40. The maximum Gasteiger partial charge on any atom is 0.284 e. The summed E-state index contributed by atoms with van der Waals surface area (Å²) in [6.45, 7) is 0. The van der Waals surface area contributed by atoms with Crippen molar-refractivity contribution in [3.63, 3.8) is 0 Å². The predicted octanol–water partition coefficient (Wildman–Crippen LogP) is -0.485. The summed E-state index contributed by atoms with van der Waals surface area (Å²) < 4.78 is 0. The summed E-state index contributed by atoms with van der Waals surface area (Å²) in [4.78, 5) is 46.3. The molecule has 0 spiro atoms. The van der Waals surface area contributed by atoms with Crippen molar-refractivity contribution in [1.82, 2.24) is 10.1 Å². The normalized spacial score (nSPS) is 18.3. The second kappa shape index (κ2) is 3.95. The number of hydroxylamine groups is 4. The van der Waals surface area contributed by atoms with Gasteiger partial charge in [0.05, 0.1) is 12.8 Å². The maximum atomic E-state index is 11.8. The summed E-state index contributed by atoms with van der Waals surface area (Å²) in [5.41, 5.74) is 0.691. The summed E-state index contributed by atoms with van der Waals surface area (Å²) in [6.07, 6.45) is -0.477. The summed E-state index contributed by atoms with van der Waals surface area (Å²) in [7, 11) is 0. The number of carbonyl (C=O) groups is 4. The largest absolute Gasteiger partial charge is 0.284 e. The molecular weight excluding hydrogens is 268 g/mol. The van der Waals surface area contributed by atoms with Crippen molar-refractivity contribution in [2.24, 2.45) is 0 Å². The molecule has 0 saturated heterocycles. The Kier molecular flexibility index (Phi) is 2.46. The van der Waals surface area contributed by atoms with Gasteiger partial charge < -0.3 is 0 Å². The number of hydrogen-bond acceptors (Lipinski definition) is 6. The zero-order valence-corrected chi connectivity index (χ0v) is 9.99. The van der Waals surface area contributed by atoms with E-state index >= 15 is 0 Å². The van der Waals surface area contributed by atoms with Crippen LogP contribution in [-0.4, -0.2) is 44.2 Å². The van der Waals surface area contributed by atoms with Crippen molar-refractivity contribution in [2.45, 2.75) is 12.8 Å². The van der Waals surface area contributed by atoms with Gasteiger partial charge in [-0.25, -0.2) is 0 Å². The molecule has 3 rings (SSSR count). The standard InChI is InChI=1S/C12H8N2O6/c15-9-3-5-1-7-6(2-8(5)12(18)14(9)20)4-10(16)13(19)11(7)17/h1-2,19-20H,3-4H2. The highest BCUT2D eigenvalue weighted by atomic mass is 16.5. The van der Waals surface area contributed by atoms with E-state index in [0.717, 1.165) is 0 Å². The molecule has 0 fully saturated rings. The minimum atomic E-state index is -0.898. The summed E-state index contributed by atoms with van der Waals surface area (Å²) in [6, 6.07) is 2.59. The number of fused-ring (bicyclic) bond motifs is 2. The first kappa shape index (κ1) is 12.5. The first-order valence-corrected chi connectivity index (χ1v) is 5.68. The number of rotatable bonds is 0. The van der Waals surface area contributed by atoms with Gasteiger partial charge in [0.2, 0.25) is 0 Å². The van der Waals surface area contributed by atoms with Gasteiger partial charge in [-0.3, -0.25) is 29.6 Å². The SMILES string of the molecule is O=C1Cc2cc3c(cc2C(=O)N1O)CC(=O)N(O)C3=O. The molecule has 8 heteroatoms.